The molecular weight excluding hydrogens is 340 g/mol. The Morgan fingerprint density at radius 1 is 1.21 bits per heavy atom. The van der Waals surface area contributed by atoms with Crippen LogP contribution in [0.4, 0.5) is 8.78 Å². The van der Waals surface area contributed by atoms with Crippen LogP contribution < -0.4 is 16.4 Å². The van der Waals surface area contributed by atoms with E-state index in [0.717, 1.165) is 18.2 Å². The van der Waals surface area contributed by atoms with E-state index in [2.05, 4.69) is 10.6 Å². The normalized spacial score (nSPS) is 12.3. The van der Waals surface area contributed by atoms with E-state index in [0.29, 0.717) is 0 Å². The summed E-state index contributed by atoms with van der Waals surface area (Å²) in [6, 6.07) is 2.21. The van der Waals surface area contributed by atoms with E-state index in [1.165, 1.54) is 0 Å². The molecule has 0 fully saturated rings. The van der Waals surface area contributed by atoms with E-state index in [4.69, 9.17) is 5.73 Å². The van der Waals surface area contributed by atoms with Crippen molar-refractivity contribution in [1.29, 1.82) is 0 Å². The standard InChI is InChI=1S/C16H23F2N3O2.ClH/c1-9(2)13(15(23)20-8-16(3,4)19)21-14(22)12-10(17)6-5-7-11(12)18;/h5-7,9,13H,8,19H2,1-4H3,(H,20,23)(H,21,22);1H. The Hall–Kier alpha value is -1.73. The summed E-state index contributed by atoms with van der Waals surface area (Å²) >= 11 is 0. The lowest BCUT2D eigenvalue weighted by Crippen LogP contribution is -2.53. The van der Waals surface area contributed by atoms with Crippen molar-refractivity contribution in [2.45, 2.75) is 39.3 Å². The number of nitrogens with two attached hydrogens (primary N) is 1. The Bertz CT molecular complexity index is 569. The summed E-state index contributed by atoms with van der Waals surface area (Å²) in [4.78, 5) is 24.3. The molecule has 1 aromatic carbocycles. The summed E-state index contributed by atoms with van der Waals surface area (Å²) in [5, 5.41) is 5.00. The molecule has 0 aliphatic rings. The van der Waals surface area contributed by atoms with Crippen molar-refractivity contribution in [2.75, 3.05) is 6.54 Å². The van der Waals surface area contributed by atoms with Gasteiger partial charge in [-0.25, -0.2) is 8.78 Å². The molecule has 0 aromatic heterocycles. The van der Waals surface area contributed by atoms with Gasteiger partial charge in [0.15, 0.2) is 0 Å². The topological polar surface area (TPSA) is 84.2 Å². The molecule has 1 unspecified atom stereocenters. The maximum Gasteiger partial charge on any atom is 0.257 e. The fourth-order valence-electron chi connectivity index (χ4n) is 1.89. The number of benzene rings is 1. The number of hydrogen-bond donors (Lipinski definition) is 3. The summed E-state index contributed by atoms with van der Waals surface area (Å²) in [7, 11) is 0. The van der Waals surface area contributed by atoms with Crippen LogP contribution in [0.3, 0.4) is 0 Å². The Morgan fingerprint density at radius 3 is 2.12 bits per heavy atom. The minimum absolute atomic E-state index is 0. The van der Waals surface area contributed by atoms with Crippen LogP contribution >= 0.6 is 12.4 Å². The van der Waals surface area contributed by atoms with E-state index in [-0.39, 0.29) is 24.9 Å². The third kappa shape index (κ3) is 6.41. The molecule has 2 amide bonds. The predicted octanol–water partition coefficient (Wildman–Crippen LogP) is 1.99. The summed E-state index contributed by atoms with van der Waals surface area (Å²) in [5.41, 5.74) is 4.47. The highest BCUT2D eigenvalue weighted by atomic mass is 35.5. The van der Waals surface area contributed by atoms with Crippen LogP contribution in [0.2, 0.25) is 0 Å². The Labute approximate surface area is 146 Å². The van der Waals surface area contributed by atoms with Crippen molar-refractivity contribution in [3.63, 3.8) is 0 Å². The van der Waals surface area contributed by atoms with Crippen LogP contribution in [0.15, 0.2) is 18.2 Å². The zero-order valence-corrected chi connectivity index (χ0v) is 15.0. The number of hydrogen-bond acceptors (Lipinski definition) is 3. The van der Waals surface area contributed by atoms with E-state index < -0.39 is 40.6 Å². The Balaban J connectivity index is 0.00000529. The SMILES string of the molecule is CC(C)C(NC(=O)c1c(F)cccc1F)C(=O)NCC(C)(C)N.Cl. The van der Waals surface area contributed by atoms with Crippen LogP contribution in [0.1, 0.15) is 38.1 Å². The maximum absolute atomic E-state index is 13.6. The number of rotatable bonds is 6. The average molecular weight is 364 g/mol. The molecule has 8 heteroatoms. The monoisotopic (exact) mass is 363 g/mol. The first-order valence-electron chi connectivity index (χ1n) is 7.34. The Kier molecular flexibility index (Phi) is 8.29. The zero-order valence-electron chi connectivity index (χ0n) is 14.2. The lowest BCUT2D eigenvalue weighted by molar-refractivity contribution is -0.124. The van der Waals surface area contributed by atoms with Crippen molar-refractivity contribution >= 4 is 24.2 Å². The van der Waals surface area contributed by atoms with E-state index in [1.54, 1.807) is 27.7 Å². The second-order valence-corrected chi connectivity index (χ2v) is 6.50. The molecule has 0 bridgehead atoms. The van der Waals surface area contributed by atoms with Gasteiger partial charge in [0.25, 0.3) is 5.91 Å². The molecule has 1 atom stereocenters. The number of carbonyl (C=O) groups excluding carboxylic acids is 2. The molecule has 0 spiro atoms. The van der Waals surface area contributed by atoms with Gasteiger partial charge < -0.3 is 16.4 Å². The molecule has 0 saturated carbocycles. The van der Waals surface area contributed by atoms with Gasteiger partial charge in [-0.15, -0.1) is 12.4 Å². The number of nitrogens with one attached hydrogen (secondary N) is 2. The maximum atomic E-state index is 13.6. The fourth-order valence-corrected chi connectivity index (χ4v) is 1.89. The van der Waals surface area contributed by atoms with Gasteiger partial charge in [-0.3, -0.25) is 9.59 Å². The lowest BCUT2D eigenvalue weighted by atomic mass is 10.0. The van der Waals surface area contributed by atoms with Crippen LogP contribution in [0.5, 0.6) is 0 Å². The van der Waals surface area contributed by atoms with Gasteiger partial charge in [0, 0.05) is 12.1 Å². The van der Waals surface area contributed by atoms with Gasteiger partial charge in [0.1, 0.15) is 23.2 Å². The van der Waals surface area contributed by atoms with Crippen molar-refractivity contribution in [2.24, 2.45) is 11.7 Å². The number of amides is 2. The molecule has 5 nitrogen and oxygen atoms in total. The van der Waals surface area contributed by atoms with Gasteiger partial charge >= 0.3 is 0 Å². The molecule has 24 heavy (non-hydrogen) atoms. The van der Waals surface area contributed by atoms with Crippen LogP contribution in [0, 0.1) is 17.6 Å². The molecule has 0 heterocycles. The molecular formula is C16H24ClF2N3O2. The van der Waals surface area contributed by atoms with Crippen molar-refractivity contribution in [1.82, 2.24) is 10.6 Å². The third-order valence-electron chi connectivity index (χ3n) is 3.14. The van der Waals surface area contributed by atoms with Crippen molar-refractivity contribution < 1.29 is 18.4 Å². The molecule has 0 radical (unpaired) electrons. The van der Waals surface area contributed by atoms with Gasteiger partial charge in [-0.2, -0.15) is 0 Å². The summed E-state index contributed by atoms with van der Waals surface area (Å²) < 4.78 is 27.3. The highest BCUT2D eigenvalue weighted by Gasteiger charge is 2.27. The van der Waals surface area contributed by atoms with Crippen LogP contribution in [-0.2, 0) is 4.79 Å². The highest BCUT2D eigenvalue weighted by Crippen LogP contribution is 2.13. The zero-order chi connectivity index (χ0) is 17.8. The lowest BCUT2D eigenvalue weighted by Gasteiger charge is -2.25. The summed E-state index contributed by atoms with van der Waals surface area (Å²) in [6.45, 7) is 7.13. The van der Waals surface area contributed by atoms with E-state index in [9.17, 15) is 18.4 Å². The minimum atomic E-state index is -0.978. The highest BCUT2D eigenvalue weighted by molar-refractivity contribution is 5.98. The van der Waals surface area contributed by atoms with Gasteiger partial charge in [-0.1, -0.05) is 19.9 Å². The second kappa shape index (κ2) is 8.94. The molecule has 136 valence electrons. The molecule has 0 saturated heterocycles. The summed E-state index contributed by atoms with van der Waals surface area (Å²) in [5.74, 6) is -3.65. The smallest absolute Gasteiger partial charge is 0.257 e. The van der Waals surface area contributed by atoms with Crippen LogP contribution in [0.25, 0.3) is 0 Å². The Morgan fingerprint density at radius 2 is 1.71 bits per heavy atom. The van der Waals surface area contributed by atoms with Gasteiger partial charge in [-0.05, 0) is 31.9 Å². The first-order valence-corrected chi connectivity index (χ1v) is 7.34. The number of carbonyl (C=O) groups is 2. The van der Waals surface area contributed by atoms with Gasteiger partial charge in [0.2, 0.25) is 5.91 Å². The molecule has 0 aliphatic heterocycles. The summed E-state index contributed by atoms with van der Waals surface area (Å²) in [6.07, 6.45) is 0. The van der Waals surface area contributed by atoms with Gasteiger partial charge in [0.05, 0.1) is 0 Å². The van der Waals surface area contributed by atoms with Crippen molar-refractivity contribution in [3.05, 3.63) is 35.4 Å². The molecule has 0 aliphatic carbocycles. The first-order chi connectivity index (χ1) is 10.5. The number of halogens is 3. The second-order valence-electron chi connectivity index (χ2n) is 6.50. The largest absolute Gasteiger partial charge is 0.352 e. The van der Waals surface area contributed by atoms with Crippen molar-refractivity contribution in [3.8, 4) is 0 Å². The van der Waals surface area contributed by atoms with E-state index in [1.807, 2.05) is 0 Å². The third-order valence-corrected chi connectivity index (χ3v) is 3.14. The van der Waals surface area contributed by atoms with E-state index >= 15 is 0 Å². The molecule has 1 rings (SSSR count). The van der Waals surface area contributed by atoms with Crippen LogP contribution in [-0.4, -0.2) is 29.9 Å². The molecule has 4 N–H and O–H groups in total. The minimum Gasteiger partial charge on any atom is -0.352 e. The quantitative estimate of drug-likeness (QED) is 0.722. The fraction of sp³-hybridized carbons (Fsp3) is 0.500. The average Bonchev–Trinajstić information content (AvgIpc) is 2.40. The predicted molar refractivity (Wildman–Crippen MR) is 91.0 cm³/mol. The first kappa shape index (κ1) is 22.3. The molecule has 1 aromatic rings.